The molecule has 2 heteroatoms. The number of para-hydroxylation sites is 4. The number of nitrogens with zero attached hydrogens (tertiary/aromatic N) is 2. The zero-order valence-corrected chi connectivity index (χ0v) is 25.6. The van der Waals surface area contributed by atoms with Crippen LogP contribution < -0.4 is 9.80 Å². The van der Waals surface area contributed by atoms with Gasteiger partial charge in [-0.2, -0.15) is 0 Å². The molecule has 2 aliphatic rings. The second kappa shape index (κ2) is 10.4. The summed E-state index contributed by atoms with van der Waals surface area (Å²) in [5.74, 6) is 0. The van der Waals surface area contributed by atoms with Gasteiger partial charge in [-0.05, 0) is 93.0 Å². The summed E-state index contributed by atoms with van der Waals surface area (Å²) in [4.78, 5) is 4.69. The molecule has 0 saturated heterocycles. The summed E-state index contributed by atoms with van der Waals surface area (Å²) in [5.41, 5.74) is 16.0. The van der Waals surface area contributed by atoms with Gasteiger partial charge >= 0.3 is 0 Å². The zero-order valence-electron chi connectivity index (χ0n) is 25.6. The SMILES string of the molecule is CN(c1ccc2c(c1)C1(c3ccccc3-c3ccccc31)c1ccccc1-2)c1ccccc1N(c1ccccc1)c1ccccc1. The van der Waals surface area contributed by atoms with Gasteiger partial charge in [0.1, 0.15) is 0 Å². The first-order valence-corrected chi connectivity index (χ1v) is 15.9. The molecule has 0 aromatic heterocycles. The van der Waals surface area contributed by atoms with E-state index >= 15 is 0 Å². The topological polar surface area (TPSA) is 6.48 Å². The molecule has 0 bridgehead atoms. The van der Waals surface area contributed by atoms with Gasteiger partial charge in [-0.3, -0.25) is 0 Å². The first-order valence-electron chi connectivity index (χ1n) is 15.9. The highest BCUT2D eigenvalue weighted by Gasteiger charge is 2.51. The van der Waals surface area contributed by atoms with Crippen molar-refractivity contribution in [2.24, 2.45) is 0 Å². The number of fused-ring (bicyclic) bond motifs is 10. The maximum atomic E-state index is 2.44. The van der Waals surface area contributed by atoms with E-state index in [2.05, 4.69) is 193 Å². The third-order valence-electron chi connectivity index (χ3n) is 9.88. The Morgan fingerprint density at radius 2 is 0.761 bits per heavy atom. The van der Waals surface area contributed by atoms with E-state index in [-0.39, 0.29) is 5.41 Å². The standard InChI is InChI=1S/C44H32N2/c1-45(42-26-14-15-27-43(42)46(31-16-4-2-5-17-31)32-18-6-3-7-19-32)33-28-29-37-36-22-10-13-25-40(36)44(41(37)30-33)38-23-11-8-20-34(38)35-21-9-12-24-39(35)44/h2-30H,1H3. The fourth-order valence-electron chi connectivity index (χ4n) is 7.95. The van der Waals surface area contributed by atoms with Gasteiger partial charge in [0.2, 0.25) is 0 Å². The van der Waals surface area contributed by atoms with Crippen molar-refractivity contribution < 1.29 is 0 Å². The summed E-state index contributed by atoms with van der Waals surface area (Å²) in [6, 6.07) is 64.0. The number of benzene rings is 7. The minimum Gasteiger partial charge on any atom is -0.343 e. The molecule has 1 spiro atoms. The quantitative estimate of drug-likeness (QED) is 0.197. The van der Waals surface area contributed by atoms with Crippen molar-refractivity contribution in [1.29, 1.82) is 0 Å². The van der Waals surface area contributed by atoms with Crippen molar-refractivity contribution in [3.05, 3.63) is 198 Å². The Morgan fingerprint density at radius 1 is 0.348 bits per heavy atom. The lowest BCUT2D eigenvalue weighted by Gasteiger charge is -2.33. The third kappa shape index (κ3) is 3.71. The molecule has 7 aromatic rings. The molecule has 0 unspecified atom stereocenters. The first-order chi connectivity index (χ1) is 22.8. The van der Waals surface area contributed by atoms with Gasteiger partial charge in [-0.15, -0.1) is 0 Å². The van der Waals surface area contributed by atoms with E-state index in [1.54, 1.807) is 0 Å². The maximum Gasteiger partial charge on any atom is 0.0726 e. The highest BCUT2D eigenvalue weighted by atomic mass is 15.2. The van der Waals surface area contributed by atoms with Crippen molar-refractivity contribution in [3.8, 4) is 22.3 Å². The minimum atomic E-state index is -0.365. The normalized spacial score (nSPS) is 13.1. The van der Waals surface area contributed by atoms with Crippen LogP contribution in [0, 0.1) is 0 Å². The van der Waals surface area contributed by atoms with Crippen LogP contribution in [-0.2, 0) is 5.41 Å². The van der Waals surface area contributed by atoms with Crippen LogP contribution in [0.25, 0.3) is 22.3 Å². The number of rotatable bonds is 5. The molecule has 9 rings (SSSR count). The van der Waals surface area contributed by atoms with Crippen LogP contribution in [-0.4, -0.2) is 7.05 Å². The van der Waals surface area contributed by atoms with Crippen molar-refractivity contribution >= 4 is 28.4 Å². The minimum absolute atomic E-state index is 0.365. The van der Waals surface area contributed by atoms with E-state index in [0.717, 1.165) is 28.4 Å². The largest absolute Gasteiger partial charge is 0.343 e. The van der Waals surface area contributed by atoms with Gasteiger partial charge in [0.05, 0.1) is 16.8 Å². The summed E-state index contributed by atoms with van der Waals surface area (Å²) in [6.45, 7) is 0. The second-order valence-electron chi connectivity index (χ2n) is 12.2. The molecule has 0 heterocycles. The molecule has 0 aliphatic heterocycles. The van der Waals surface area contributed by atoms with E-state index in [0.29, 0.717) is 0 Å². The van der Waals surface area contributed by atoms with Gasteiger partial charge < -0.3 is 9.80 Å². The monoisotopic (exact) mass is 588 g/mol. The molecular formula is C44H32N2. The molecule has 0 saturated carbocycles. The van der Waals surface area contributed by atoms with Crippen molar-refractivity contribution in [1.82, 2.24) is 0 Å². The number of anilines is 5. The number of hydrogen-bond donors (Lipinski definition) is 0. The predicted molar refractivity (Wildman–Crippen MR) is 192 cm³/mol. The Morgan fingerprint density at radius 3 is 1.28 bits per heavy atom. The molecule has 0 radical (unpaired) electrons. The Kier molecular flexibility index (Phi) is 5.97. The van der Waals surface area contributed by atoms with E-state index in [1.807, 2.05) is 0 Å². The molecule has 218 valence electrons. The van der Waals surface area contributed by atoms with Crippen LogP contribution in [0.5, 0.6) is 0 Å². The summed E-state index contributed by atoms with van der Waals surface area (Å²) >= 11 is 0. The molecule has 0 amide bonds. The lowest BCUT2D eigenvalue weighted by atomic mass is 9.70. The highest BCUT2D eigenvalue weighted by molar-refractivity contribution is 5.96. The average molecular weight is 589 g/mol. The molecule has 0 fully saturated rings. The Hall–Kier alpha value is -5.86. The van der Waals surface area contributed by atoms with Crippen LogP contribution in [0.4, 0.5) is 28.4 Å². The van der Waals surface area contributed by atoms with Crippen LogP contribution in [0.3, 0.4) is 0 Å². The van der Waals surface area contributed by atoms with Gasteiger partial charge in [0, 0.05) is 24.1 Å². The number of hydrogen-bond acceptors (Lipinski definition) is 2. The van der Waals surface area contributed by atoms with Crippen LogP contribution in [0.1, 0.15) is 22.3 Å². The molecule has 0 atom stereocenters. The van der Waals surface area contributed by atoms with E-state index < -0.39 is 0 Å². The van der Waals surface area contributed by atoms with Crippen molar-refractivity contribution in [3.63, 3.8) is 0 Å². The molecule has 2 nitrogen and oxygen atoms in total. The predicted octanol–water partition coefficient (Wildman–Crippen LogP) is 11.3. The molecule has 7 aromatic carbocycles. The van der Waals surface area contributed by atoms with Gasteiger partial charge in [-0.1, -0.05) is 127 Å². The molecular weight excluding hydrogens is 556 g/mol. The summed E-state index contributed by atoms with van der Waals surface area (Å²) in [7, 11) is 2.19. The lowest BCUT2D eigenvalue weighted by Crippen LogP contribution is -2.26. The summed E-state index contributed by atoms with van der Waals surface area (Å²) < 4.78 is 0. The van der Waals surface area contributed by atoms with Crippen molar-refractivity contribution in [2.75, 3.05) is 16.8 Å². The van der Waals surface area contributed by atoms with E-state index in [4.69, 9.17) is 0 Å². The second-order valence-corrected chi connectivity index (χ2v) is 12.2. The van der Waals surface area contributed by atoms with Gasteiger partial charge in [-0.25, -0.2) is 0 Å². The van der Waals surface area contributed by atoms with Crippen molar-refractivity contribution in [2.45, 2.75) is 5.41 Å². The fourth-order valence-corrected chi connectivity index (χ4v) is 7.95. The molecule has 0 N–H and O–H groups in total. The van der Waals surface area contributed by atoms with Crippen LogP contribution >= 0.6 is 0 Å². The summed E-state index contributed by atoms with van der Waals surface area (Å²) in [6.07, 6.45) is 0. The Balaban J connectivity index is 1.25. The molecule has 46 heavy (non-hydrogen) atoms. The molecule has 2 aliphatic carbocycles. The first kappa shape index (κ1) is 26.5. The third-order valence-corrected chi connectivity index (χ3v) is 9.88. The van der Waals surface area contributed by atoms with Gasteiger partial charge in [0.25, 0.3) is 0 Å². The van der Waals surface area contributed by atoms with Gasteiger partial charge in [0.15, 0.2) is 0 Å². The Labute approximate surface area is 270 Å². The average Bonchev–Trinajstić information content (AvgIpc) is 3.60. The zero-order chi connectivity index (χ0) is 30.7. The smallest absolute Gasteiger partial charge is 0.0726 e. The Bertz CT molecular complexity index is 2130. The summed E-state index contributed by atoms with van der Waals surface area (Å²) in [5, 5.41) is 0. The highest BCUT2D eigenvalue weighted by Crippen LogP contribution is 2.63. The van der Waals surface area contributed by atoms with E-state index in [1.165, 1.54) is 44.5 Å². The maximum absolute atomic E-state index is 2.44. The van der Waals surface area contributed by atoms with E-state index in [9.17, 15) is 0 Å². The van der Waals surface area contributed by atoms with Crippen LogP contribution in [0.2, 0.25) is 0 Å². The fraction of sp³-hybridized carbons (Fsp3) is 0.0455. The lowest BCUT2D eigenvalue weighted by molar-refractivity contribution is 0.793. The van der Waals surface area contributed by atoms with Crippen LogP contribution in [0.15, 0.2) is 176 Å².